The van der Waals surface area contributed by atoms with Gasteiger partial charge in [0.15, 0.2) is 0 Å². The van der Waals surface area contributed by atoms with E-state index in [-0.39, 0.29) is 4.90 Å². The lowest BCUT2D eigenvalue weighted by Gasteiger charge is -2.13. The summed E-state index contributed by atoms with van der Waals surface area (Å²) in [6.07, 6.45) is 27.3. The molecule has 0 heterocycles. The van der Waals surface area contributed by atoms with Gasteiger partial charge in [-0.25, -0.2) is 8.42 Å². The van der Waals surface area contributed by atoms with Crippen LogP contribution in [0.3, 0.4) is 0 Å². The molecule has 0 saturated heterocycles. The van der Waals surface area contributed by atoms with E-state index < -0.39 is 10.1 Å². The van der Waals surface area contributed by atoms with Crippen LogP contribution in [0, 0.1) is 0 Å². The van der Waals surface area contributed by atoms with Crippen LogP contribution < -0.4 is 0 Å². The summed E-state index contributed by atoms with van der Waals surface area (Å²) in [5, 5.41) is 0.477. The van der Waals surface area contributed by atoms with Gasteiger partial charge in [0.05, 0.1) is 4.90 Å². The number of halogens is 1. The zero-order chi connectivity index (χ0) is 24.2. The predicted molar refractivity (Wildman–Crippen MR) is 141 cm³/mol. The summed E-state index contributed by atoms with van der Waals surface area (Å²) in [4.78, 5) is -0.121. The molecule has 0 aliphatic heterocycles. The first kappa shape index (κ1) is 30.5. The molecule has 0 aliphatic rings. The van der Waals surface area contributed by atoms with Gasteiger partial charge in [0.25, 0.3) is 0 Å². The van der Waals surface area contributed by atoms with Gasteiger partial charge in [-0.3, -0.25) is 0 Å². The van der Waals surface area contributed by atoms with Gasteiger partial charge in [0, 0.05) is 5.02 Å². The van der Waals surface area contributed by atoms with Crippen molar-refractivity contribution in [1.82, 2.24) is 0 Å². The molecule has 0 fully saturated rings. The summed E-state index contributed by atoms with van der Waals surface area (Å²) >= 11 is 5.96. The lowest BCUT2D eigenvalue weighted by molar-refractivity contribution is 0.461. The van der Waals surface area contributed by atoms with Crippen LogP contribution in [0.15, 0.2) is 23.1 Å². The average molecular weight is 500 g/mol. The maximum atomic E-state index is 11.4. The third-order valence-corrected chi connectivity index (χ3v) is 7.76. The fourth-order valence-electron chi connectivity index (χ4n) is 4.56. The second-order valence-electron chi connectivity index (χ2n) is 9.67. The maximum absolute atomic E-state index is 11.4. The van der Waals surface area contributed by atoms with Crippen molar-refractivity contribution in [2.24, 2.45) is 0 Å². The third kappa shape index (κ3) is 16.6. The van der Waals surface area contributed by atoms with Gasteiger partial charge in [-0.15, -0.1) is 0 Å². The lowest BCUT2D eigenvalue weighted by atomic mass is 10.0. The van der Waals surface area contributed by atoms with E-state index in [1.807, 2.05) is 0 Å². The van der Waals surface area contributed by atoms with Crippen molar-refractivity contribution in [3.05, 3.63) is 28.8 Å². The second kappa shape index (κ2) is 19.7. The Morgan fingerprint density at radius 3 is 1.36 bits per heavy atom. The first-order valence-corrected chi connectivity index (χ1v) is 15.5. The number of hydrogen-bond donors (Lipinski definition) is 0. The molecule has 5 heteroatoms. The van der Waals surface area contributed by atoms with E-state index in [2.05, 4.69) is 6.92 Å². The first-order chi connectivity index (χ1) is 15.9. The highest BCUT2D eigenvalue weighted by molar-refractivity contribution is 7.85. The Hall–Kier alpha value is -0.580. The molecule has 0 radical (unpaired) electrons. The van der Waals surface area contributed by atoms with E-state index in [9.17, 15) is 13.0 Å². The second-order valence-corrected chi connectivity index (χ2v) is 11.5. The predicted octanol–water partition coefficient (Wildman–Crippen LogP) is 9.61. The highest BCUT2D eigenvalue weighted by atomic mass is 35.5. The van der Waals surface area contributed by atoms with Gasteiger partial charge in [-0.2, -0.15) is 0 Å². The number of hydrogen-bond acceptors (Lipinski definition) is 3. The van der Waals surface area contributed by atoms with Gasteiger partial charge >= 0.3 is 0 Å². The fourth-order valence-corrected chi connectivity index (χ4v) is 5.47. The summed E-state index contributed by atoms with van der Waals surface area (Å²) in [7, 11) is -4.43. The number of aryl methyl sites for hydroxylation is 1. The van der Waals surface area contributed by atoms with Crippen molar-refractivity contribution < 1.29 is 13.0 Å². The van der Waals surface area contributed by atoms with Gasteiger partial charge in [0.1, 0.15) is 10.1 Å². The van der Waals surface area contributed by atoms with E-state index in [4.69, 9.17) is 11.6 Å². The molecule has 33 heavy (non-hydrogen) atoms. The molecule has 0 aromatic heterocycles. The molecule has 0 atom stereocenters. The minimum Gasteiger partial charge on any atom is -0.744 e. The van der Waals surface area contributed by atoms with E-state index in [0.717, 1.165) is 12.8 Å². The highest BCUT2D eigenvalue weighted by Crippen LogP contribution is 2.23. The molecule has 0 saturated carbocycles. The molecule has 3 nitrogen and oxygen atoms in total. The minimum absolute atomic E-state index is 0.121. The zero-order valence-electron chi connectivity index (χ0n) is 21.1. The number of rotatable bonds is 22. The Bertz CT molecular complexity index is 703. The van der Waals surface area contributed by atoms with Gasteiger partial charge < -0.3 is 4.55 Å². The van der Waals surface area contributed by atoms with Crippen LogP contribution in [0.1, 0.15) is 141 Å². The molecular formula is C28H48ClO3S-. The SMILES string of the molecule is CCCCCCCCCCCCCCCCCCCCCCc1cc(Cl)ccc1S(=O)(=O)[O-]. The molecule has 0 unspecified atom stereocenters. The van der Waals surface area contributed by atoms with E-state index in [1.165, 1.54) is 128 Å². The lowest BCUT2D eigenvalue weighted by Crippen LogP contribution is -2.03. The van der Waals surface area contributed by atoms with Crippen LogP contribution in [0.4, 0.5) is 0 Å². The van der Waals surface area contributed by atoms with Crippen molar-refractivity contribution in [3.63, 3.8) is 0 Å². The quantitative estimate of drug-likeness (QED) is 0.118. The Labute approximate surface area is 209 Å². The van der Waals surface area contributed by atoms with Crippen molar-refractivity contribution in [2.75, 3.05) is 0 Å². The Kier molecular flexibility index (Phi) is 18.2. The van der Waals surface area contributed by atoms with Gasteiger partial charge in [-0.1, -0.05) is 141 Å². The molecule has 0 aliphatic carbocycles. The van der Waals surface area contributed by atoms with Crippen molar-refractivity contribution in [3.8, 4) is 0 Å². The number of unbranched alkanes of at least 4 members (excludes halogenated alkanes) is 19. The van der Waals surface area contributed by atoms with Crippen LogP contribution in [0.25, 0.3) is 0 Å². The molecular weight excluding hydrogens is 452 g/mol. The van der Waals surface area contributed by atoms with Crippen LogP contribution in [-0.2, 0) is 16.5 Å². The van der Waals surface area contributed by atoms with E-state index in [1.54, 1.807) is 6.07 Å². The van der Waals surface area contributed by atoms with E-state index in [0.29, 0.717) is 17.0 Å². The van der Waals surface area contributed by atoms with Crippen molar-refractivity contribution in [1.29, 1.82) is 0 Å². The summed E-state index contributed by atoms with van der Waals surface area (Å²) in [6, 6.07) is 4.41. The molecule has 1 aromatic rings. The third-order valence-electron chi connectivity index (χ3n) is 6.59. The van der Waals surface area contributed by atoms with Crippen LogP contribution >= 0.6 is 11.6 Å². The molecule has 1 rings (SSSR count). The summed E-state index contributed by atoms with van der Waals surface area (Å²) < 4.78 is 34.1. The normalized spacial score (nSPS) is 11.8. The topological polar surface area (TPSA) is 57.2 Å². The first-order valence-electron chi connectivity index (χ1n) is 13.7. The highest BCUT2D eigenvalue weighted by Gasteiger charge is 2.09. The Morgan fingerprint density at radius 1 is 0.636 bits per heavy atom. The maximum Gasteiger partial charge on any atom is 0.124 e. The largest absolute Gasteiger partial charge is 0.744 e. The van der Waals surface area contributed by atoms with Gasteiger partial charge in [0.2, 0.25) is 0 Å². The molecule has 0 spiro atoms. The smallest absolute Gasteiger partial charge is 0.124 e. The van der Waals surface area contributed by atoms with Crippen molar-refractivity contribution >= 4 is 21.7 Å². The zero-order valence-corrected chi connectivity index (χ0v) is 22.7. The summed E-state index contributed by atoms with van der Waals surface area (Å²) in [5.74, 6) is 0. The molecule has 0 N–H and O–H groups in total. The molecule has 0 bridgehead atoms. The summed E-state index contributed by atoms with van der Waals surface area (Å²) in [5.41, 5.74) is 0.555. The average Bonchev–Trinajstić information content (AvgIpc) is 2.77. The van der Waals surface area contributed by atoms with Crippen molar-refractivity contribution in [2.45, 2.75) is 147 Å². The summed E-state index contributed by atoms with van der Waals surface area (Å²) in [6.45, 7) is 2.28. The fraction of sp³-hybridized carbons (Fsp3) is 0.786. The van der Waals surface area contributed by atoms with Crippen LogP contribution in [0.2, 0.25) is 5.02 Å². The standard InChI is InChI=1S/C28H49ClO3S/c1-2-3-4-5-6-7-8-9-10-11-12-13-14-15-16-17-18-19-20-21-22-26-25-27(29)23-24-28(26)33(30,31)32/h23-25H,2-22H2,1H3,(H,30,31,32)/p-1. The van der Waals surface area contributed by atoms with Crippen LogP contribution in [0.5, 0.6) is 0 Å². The monoisotopic (exact) mass is 499 g/mol. The number of benzene rings is 1. The Balaban J connectivity index is 1.88. The minimum atomic E-state index is -4.43. The molecule has 1 aromatic carbocycles. The van der Waals surface area contributed by atoms with Gasteiger partial charge in [-0.05, 0) is 36.6 Å². The van der Waals surface area contributed by atoms with Crippen LogP contribution in [-0.4, -0.2) is 13.0 Å². The molecule has 0 amide bonds. The van der Waals surface area contributed by atoms with E-state index >= 15 is 0 Å². The Morgan fingerprint density at radius 2 is 1.00 bits per heavy atom. The molecule has 192 valence electrons.